The Hall–Kier alpha value is -1.49. The number of anilines is 1. The molecule has 0 aliphatic carbocycles. The Morgan fingerprint density at radius 1 is 1.39 bits per heavy atom. The van der Waals surface area contributed by atoms with E-state index in [2.05, 4.69) is 22.4 Å². The molecule has 0 bridgehead atoms. The Balaban J connectivity index is 2.14. The van der Waals surface area contributed by atoms with Gasteiger partial charge in [0.1, 0.15) is 0 Å². The maximum absolute atomic E-state index is 11.1. The van der Waals surface area contributed by atoms with E-state index in [-0.39, 0.29) is 6.04 Å². The SMILES string of the molecule is CC(CCS(C)=O)Nc1nncc2ccccc12. The Kier molecular flexibility index (Phi) is 4.25. The Morgan fingerprint density at radius 2 is 2.17 bits per heavy atom. The van der Waals surface area contributed by atoms with Crippen molar-refractivity contribution in [2.75, 3.05) is 17.3 Å². The molecule has 1 aromatic heterocycles. The largest absolute Gasteiger partial charge is 0.366 e. The van der Waals surface area contributed by atoms with Crippen LogP contribution in [-0.2, 0) is 10.8 Å². The molecule has 18 heavy (non-hydrogen) atoms. The molecule has 2 unspecified atom stereocenters. The first kappa shape index (κ1) is 13.0. The van der Waals surface area contributed by atoms with Crippen LogP contribution in [0.2, 0.25) is 0 Å². The van der Waals surface area contributed by atoms with Gasteiger partial charge in [-0.1, -0.05) is 24.3 Å². The normalized spacial score (nSPS) is 14.3. The Labute approximate surface area is 109 Å². The van der Waals surface area contributed by atoms with Gasteiger partial charge in [0.15, 0.2) is 5.82 Å². The van der Waals surface area contributed by atoms with Crippen LogP contribution in [0.5, 0.6) is 0 Å². The van der Waals surface area contributed by atoms with Crippen LogP contribution < -0.4 is 5.32 Å². The highest BCUT2D eigenvalue weighted by atomic mass is 32.2. The van der Waals surface area contributed by atoms with E-state index in [0.29, 0.717) is 5.75 Å². The van der Waals surface area contributed by atoms with E-state index in [0.717, 1.165) is 23.0 Å². The lowest BCUT2D eigenvalue weighted by Gasteiger charge is -2.14. The lowest BCUT2D eigenvalue weighted by Crippen LogP contribution is -2.19. The van der Waals surface area contributed by atoms with Gasteiger partial charge in [0.2, 0.25) is 0 Å². The zero-order valence-corrected chi connectivity index (χ0v) is 11.4. The first-order valence-corrected chi connectivity index (χ1v) is 7.66. The minimum Gasteiger partial charge on any atom is -0.366 e. The smallest absolute Gasteiger partial charge is 0.156 e. The summed E-state index contributed by atoms with van der Waals surface area (Å²) in [6, 6.07) is 8.24. The van der Waals surface area contributed by atoms with E-state index >= 15 is 0 Å². The third-order valence-electron chi connectivity index (χ3n) is 2.79. The molecule has 0 radical (unpaired) electrons. The van der Waals surface area contributed by atoms with Gasteiger partial charge in [0, 0.05) is 39.6 Å². The number of fused-ring (bicyclic) bond motifs is 1. The molecule has 1 aromatic carbocycles. The van der Waals surface area contributed by atoms with E-state index in [9.17, 15) is 4.21 Å². The summed E-state index contributed by atoms with van der Waals surface area (Å²) in [5.41, 5.74) is 0. The summed E-state index contributed by atoms with van der Waals surface area (Å²) in [7, 11) is -0.747. The second kappa shape index (κ2) is 5.91. The second-order valence-electron chi connectivity index (χ2n) is 4.39. The van der Waals surface area contributed by atoms with Crippen LogP contribution in [0.25, 0.3) is 10.8 Å². The second-order valence-corrected chi connectivity index (χ2v) is 5.95. The number of benzene rings is 1. The van der Waals surface area contributed by atoms with Crippen molar-refractivity contribution >= 4 is 27.4 Å². The van der Waals surface area contributed by atoms with Crippen LogP contribution >= 0.6 is 0 Å². The number of hydrogen-bond donors (Lipinski definition) is 1. The molecule has 0 spiro atoms. The van der Waals surface area contributed by atoms with Gasteiger partial charge < -0.3 is 5.32 Å². The molecule has 0 amide bonds. The molecule has 4 nitrogen and oxygen atoms in total. The van der Waals surface area contributed by atoms with Crippen LogP contribution in [0.15, 0.2) is 30.5 Å². The zero-order chi connectivity index (χ0) is 13.0. The predicted molar refractivity (Wildman–Crippen MR) is 76.2 cm³/mol. The molecule has 2 rings (SSSR count). The molecule has 0 saturated carbocycles. The summed E-state index contributed by atoms with van der Waals surface area (Å²) >= 11 is 0. The molecule has 0 fully saturated rings. The number of nitrogens with zero attached hydrogens (tertiary/aromatic N) is 2. The molecule has 5 heteroatoms. The molecule has 1 heterocycles. The Bertz CT molecular complexity index is 553. The maximum atomic E-state index is 11.1. The molecular formula is C13H17N3OS. The molecule has 0 saturated heterocycles. The molecule has 1 N–H and O–H groups in total. The van der Waals surface area contributed by atoms with Crippen molar-refractivity contribution in [1.29, 1.82) is 0 Å². The first-order valence-electron chi connectivity index (χ1n) is 5.94. The van der Waals surface area contributed by atoms with Gasteiger partial charge in [-0.25, -0.2) is 0 Å². The van der Waals surface area contributed by atoms with E-state index in [4.69, 9.17) is 0 Å². The van der Waals surface area contributed by atoms with Crippen LogP contribution in [0, 0.1) is 0 Å². The lowest BCUT2D eigenvalue weighted by molar-refractivity contribution is 0.678. The summed E-state index contributed by atoms with van der Waals surface area (Å²) in [6.07, 6.45) is 4.34. The van der Waals surface area contributed by atoms with Crippen LogP contribution in [-0.4, -0.2) is 32.5 Å². The molecule has 2 aromatic rings. The average Bonchev–Trinajstić information content (AvgIpc) is 2.37. The average molecular weight is 263 g/mol. The van der Waals surface area contributed by atoms with Gasteiger partial charge in [-0.3, -0.25) is 4.21 Å². The van der Waals surface area contributed by atoms with E-state index in [1.54, 1.807) is 12.5 Å². The highest BCUT2D eigenvalue weighted by Crippen LogP contribution is 2.20. The number of rotatable bonds is 5. The third-order valence-corrected chi connectivity index (χ3v) is 3.60. The monoisotopic (exact) mass is 263 g/mol. The summed E-state index contributed by atoms with van der Waals surface area (Å²) < 4.78 is 11.1. The lowest BCUT2D eigenvalue weighted by atomic mass is 10.2. The molecule has 0 aliphatic heterocycles. The van der Waals surface area contributed by atoms with Crippen molar-refractivity contribution in [1.82, 2.24) is 10.2 Å². The first-order chi connectivity index (χ1) is 8.66. The fourth-order valence-corrected chi connectivity index (χ4v) is 2.47. The third kappa shape index (κ3) is 3.26. The van der Waals surface area contributed by atoms with Crippen molar-refractivity contribution in [2.24, 2.45) is 0 Å². The number of hydrogen-bond acceptors (Lipinski definition) is 4. The van der Waals surface area contributed by atoms with Gasteiger partial charge >= 0.3 is 0 Å². The highest BCUT2D eigenvalue weighted by Gasteiger charge is 2.07. The van der Waals surface area contributed by atoms with Gasteiger partial charge in [-0.15, -0.1) is 5.10 Å². The molecule has 2 atom stereocenters. The van der Waals surface area contributed by atoms with Gasteiger partial charge in [0.25, 0.3) is 0 Å². The quantitative estimate of drug-likeness (QED) is 0.898. The molecule has 0 aliphatic rings. The van der Waals surface area contributed by atoms with Gasteiger partial charge in [0.05, 0.1) is 6.20 Å². The molecular weight excluding hydrogens is 246 g/mol. The van der Waals surface area contributed by atoms with Crippen molar-refractivity contribution in [3.63, 3.8) is 0 Å². The van der Waals surface area contributed by atoms with E-state index < -0.39 is 10.8 Å². The van der Waals surface area contributed by atoms with Crippen LogP contribution in [0.4, 0.5) is 5.82 Å². The minimum atomic E-state index is -0.747. The maximum Gasteiger partial charge on any atom is 0.156 e. The van der Waals surface area contributed by atoms with Crippen molar-refractivity contribution in [2.45, 2.75) is 19.4 Å². The fraction of sp³-hybridized carbons (Fsp3) is 0.385. The van der Waals surface area contributed by atoms with E-state index in [1.807, 2.05) is 24.3 Å². The zero-order valence-electron chi connectivity index (χ0n) is 10.6. The van der Waals surface area contributed by atoms with Crippen molar-refractivity contribution < 1.29 is 4.21 Å². The topological polar surface area (TPSA) is 54.9 Å². The summed E-state index contributed by atoms with van der Waals surface area (Å²) in [5, 5.41) is 13.6. The Morgan fingerprint density at radius 3 is 2.94 bits per heavy atom. The molecule has 96 valence electrons. The van der Waals surface area contributed by atoms with Crippen LogP contribution in [0.1, 0.15) is 13.3 Å². The summed E-state index contributed by atoms with van der Waals surface area (Å²) in [4.78, 5) is 0. The summed E-state index contributed by atoms with van der Waals surface area (Å²) in [6.45, 7) is 2.07. The van der Waals surface area contributed by atoms with Crippen LogP contribution in [0.3, 0.4) is 0 Å². The van der Waals surface area contributed by atoms with Crippen molar-refractivity contribution in [3.05, 3.63) is 30.5 Å². The minimum absolute atomic E-state index is 0.231. The van der Waals surface area contributed by atoms with Gasteiger partial charge in [-0.05, 0) is 13.3 Å². The van der Waals surface area contributed by atoms with E-state index in [1.165, 1.54) is 0 Å². The van der Waals surface area contributed by atoms with Gasteiger partial charge in [-0.2, -0.15) is 5.10 Å². The standard InChI is InChI=1S/C13H17N3OS/c1-10(7-8-18(2)17)15-13-12-6-4-3-5-11(12)9-14-16-13/h3-6,9-10H,7-8H2,1-2H3,(H,15,16). The predicted octanol–water partition coefficient (Wildman–Crippen LogP) is 2.20. The highest BCUT2D eigenvalue weighted by molar-refractivity contribution is 7.84. The number of nitrogens with one attached hydrogen (secondary N) is 1. The van der Waals surface area contributed by atoms with Crippen molar-refractivity contribution in [3.8, 4) is 0 Å². The summed E-state index contributed by atoms with van der Waals surface area (Å²) in [5.74, 6) is 1.49. The number of aromatic nitrogens is 2. The fourth-order valence-electron chi connectivity index (χ4n) is 1.78.